The Kier molecular flexibility index (Phi) is 8.85. The first kappa shape index (κ1) is 27.4. The first-order valence-electron chi connectivity index (χ1n) is 11.9. The number of methoxy groups -OCH3 is 1. The van der Waals surface area contributed by atoms with Crippen LogP contribution in [0.2, 0.25) is 0 Å². The molecule has 0 bridgehead atoms. The summed E-state index contributed by atoms with van der Waals surface area (Å²) in [7, 11) is -6.34. The summed E-state index contributed by atoms with van der Waals surface area (Å²) in [5.74, 6) is 0.0803. The van der Waals surface area contributed by atoms with Gasteiger partial charge in [-0.15, -0.1) is 0 Å². The van der Waals surface area contributed by atoms with Crippen LogP contribution in [0.1, 0.15) is 63.1 Å². The van der Waals surface area contributed by atoms with E-state index in [1.54, 1.807) is 6.07 Å². The Morgan fingerprint density at radius 2 is 1.83 bits per heavy atom. The molecule has 2 aromatic rings. The van der Waals surface area contributed by atoms with Crippen LogP contribution in [0, 0.1) is 0 Å². The summed E-state index contributed by atoms with van der Waals surface area (Å²) in [4.78, 5) is 0.177. The molecule has 0 unspecified atom stereocenters. The molecule has 3 rings (SSSR count). The predicted molar refractivity (Wildman–Crippen MR) is 136 cm³/mol. The van der Waals surface area contributed by atoms with Gasteiger partial charge >= 0.3 is 0 Å². The van der Waals surface area contributed by atoms with Crippen LogP contribution in [0.3, 0.4) is 0 Å². The van der Waals surface area contributed by atoms with Crippen LogP contribution in [-0.2, 0) is 20.0 Å². The van der Waals surface area contributed by atoms with Crippen molar-refractivity contribution >= 4 is 20.0 Å². The fourth-order valence-electron chi connectivity index (χ4n) is 4.56. The van der Waals surface area contributed by atoms with E-state index in [0.717, 1.165) is 24.8 Å². The average molecular weight is 526 g/mol. The monoisotopic (exact) mass is 525 g/mol. The molecule has 2 aromatic carbocycles. The van der Waals surface area contributed by atoms with E-state index in [1.807, 2.05) is 37.3 Å². The van der Waals surface area contributed by atoms with Crippen molar-refractivity contribution in [3.63, 3.8) is 0 Å². The molecule has 0 amide bonds. The predicted octanol–water partition coefficient (Wildman–Crippen LogP) is 4.16. The van der Waals surface area contributed by atoms with Gasteiger partial charge in [-0.2, -0.15) is 8.42 Å². The van der Waals surface area contributed by atoms with Crippen LogP contribution in [0.4, 0.5) is 0 Å². The van der Waals surface area contributed by atoms with Gasteiger partial charge in [0.1, 0.15) is 0 Å². The van der Waals surface area contributed by atoms with Crippen LogP contribution >= 0.6 is 0 Å². The molecule has 194 valence electrons. The number of unbranched alkanes of at least 4 members (excludes halogenated alkanes) is 1. The molecule has 0 fully saturated rings. The number of rotatable bonds is 11. The smallest absolute Gasteiger partial charge is 0.264 e. The van der Waals surface area contributed by atoms with Crippen molar-refractivity contribution in [1.82, 2.24) is 5.32 Å². The minimum Gasteiger partial charge on any atom is -0.493 e. The minimum atomic E-state index is -4.11. The largest absolute Gasteiger partial charge is 0.493 e. The molecule has 0 aliphatic carbocycles. The lowest BCUT2D eigenvalue weighted by Crippen LogP contribution is -2.50. The van der Waals surface area contributed by atoms with Gasteiger partial charge in [0.25, 0.3) is 10.1 Å². The molecule has 1 heterocycles. The van der Waals surface area contributed by atoms with E-state index in [-0.39, 0.29) is 35.5 Å². The van der Waals surface area contributed by atoms with Crippen LogP contribution in [0.25, 0.3) is 0 Å². The fraction of sp³-hybridized carbons (Fsp3) is 0.520. The van der Waals surface area contributed by atoms with Gasteiger partial charge in [-0.3, -0.25) is 9.87 Å². The summed E-state index contributed by atoms with van der Waals surface area (Å²) in [6, 6.07) is 12.5. The van der Waals surface area contributed by atoms with Gasteiger partial charge in [-0.1, -0.05) is 57.0 Å². The van der Waals surface area contributed by atoms with E-state index in [0.29, 0.717) is 17.7 Å². The minimum absolute atomic E-state index is 0.0231. The van der Waals surface area contributed by atoms with Gasteiger partial charge in [0.15, 0.2) is 21.3 Å². The molecule has 0 saturated heterocycles. The second kappa shape index (κ2) is 11.3. The second-order valence-electron chi connectivity index (χ2n) is 9.01. The lowest BCUT2D eigenvalue weighted by atomic mass is 9.88. The fourth-order valence-corrected chi connectivity index (χ4v) is 7.18. The Bertz CT molecular complexity index is 1210. The van der Waals surface area contributed by atoms with Crippen molar-refractivity contribution in [3.8, 4) is 11.5 Å². The van der Waals surface area contributed by atoms with Gasteiger partial charge < -0.3 is 9.47 Å². The first-order chi connectivity index (χ1) is 16.5. The summed E-state index contributed by atoms with van der Waals surface area (Å²) in [5, 5.41) is 3.71. The molecule has 8 nitrogen and oxygen atoms in total. The third kappa shape index (κ3) is 6.75. The molecule has 2 atom stereocenters. The molecule has 2 N–H and O–H groups in total. The van der Waals surface area contributed by atoms with E-state index in [4.69, 9.17) is 14.0 Å². The van der Waals surface area contributed by atoms with E-state index >= 15 is 0 Å². The Balaban J connectivity index is 2.11. The van der Waals surface area contributed by atoms with Gasteiger partial charge in [0.2, 0.25) is 0 Å². The van der Waals surface area contributed by atoms with E-state index in [1.165, 1.54) is 13.2 Å². The molecule has 0 spiro atoms. The number of nitrogens with one attached hydrogen (secondary N) is 1. The summed E-state index contributed by atoms with van der Waals surface area (Å²) < 4.78 is 69.8. The number of fused-ring (bicyclic) bond motifs is 1. The normalized spacial score (nSPS) is 21.7. The first-order valence-corrected chi connectivity index (χ1v) is 15.2. The number of sulfone groups is 1. The third-order valence-electron chi connectivity index (χ3n) is 6.48. The number of benzene rings is 2. The van der Waals surface area contributed by atoms with Gasteiger partial charge in [0.05, 0.1) is 36.2 Å². The number of hydrogen-bond acceptors (Lipinski definition) is 7. The molecule has 35 heavy (non-hydrogen) atoms. The highest BCUT2D eigenvalue weighted by Gasteiger charge is 2.42. The highest BCUT2D eigenvalue weighted by Crippen LogP contribution is 2.43. The van der Waals surface area contributed by atoms with Crippen molar-refractivity contribution < 1.29 is 30.9 Å². The summed E-state index contributed by atoms with van der Waals surface area (Å²) in [5.41, 5.74) is 0.937. The SMILES string of the molecule is CCCC[C@]1(CC)CS(=O)(=O)c2cc(OCCCS(=O)(=O)O)c(OC)cc2[C@@H](c2ccccc2)N1. The average Bonchev–Trinajstić information content (AvgIpc) is 2.92. The molecular weight excluding hydrogens is 490 g/mol. The van der Waals surface area contributed by atoms with Crippen molar-refractivity contribution in [1.29, 1.82) is 0 Å². The lowest BCUT2D eigenvalue weighted by Gasteiger charge is -2.36. The molecule has 0 radical (unpaired) electrons. The van der Waals surface area contributed by atoms with Crippen molar-refractivity contribution in [2.75, 3.05) is 25.2 Å². The second-order valence-corrected chi connectivity index (χ2v) is 12.5. The summed E-state index contributed by atoms with van der Waals surface area (Å²) in [6.07, 6.45) is 3.30. The molecule has 10 heteroatoms. The van der Waals surface area contributed by atoms with Crippen LogP contribution < -0.4 is 14.8 Å². The van der Waals surface area contributed by atoms with Gasteiger partial charge in [0, 0.05) is 11.6 Å². The molecule has 0 aromatic heterocycles. The van der Waals surface area contributed by atoms with Crippen molar-refractivity contribution in [2.45, 2.75) is 62.4 Å². The maximum absolute atomic E-state index is 13.8. The topological polar surface area (TPSA) is 119 Å². The zero-order valence-electron chi connectivity index (χ0n) is 20.5. The number of hydrogen-bond donors (Lipinski definition) is 2. The zero-order valence-corrected chi connectivity index (χ0v) is 22.1. The van der Waals surface area contributed by atoms with Crippen molar-refractivity contribution in [2.24, 2.45) is 0 Å². The van der Waals surface area contributed by atoms with E-state index in [9.17, 15) is 16.8 Å². The summed E-state index contributed by atoms with van der Waals surface area (Å²) in [6.45, 7) is 4.08. The maximum Gasteiger partial charge on any atom is 0.264 e. The molecule has 0 saturated carbocycles. The maximum atomic E-state index is 13.8. The number of ether oxygens (including phenoxy) is 2. The van der Waals surface area contributed by atoms with E-state index < -0.39 is 31.2 Å². The zero-order chi connectivity index (χ0) is 25.7. The Morgan fingerprint density at radius 3 is 2.43 bits per heavy atom. The molecule has 1 aliphatic heterocycles. The van der Waals surface area contributed by atoms with Crippen molar-refractivity contribution in [3.05, 3.63) is 53.6 Å². The molecule has 1 aliphatic rings. The van der Waals surface area contributed by atoms with E-state index in [2.05, 4.69) is 12.2 Å². The third-order valence-corrected chi connectivity index (χ3v) is 9.24. The highest BCUT2D eigenvalue weighted by molar-refractivity contribution is 7.91. The standard InChI is InChI=1S/C25H35NO7S2/c1-4-6-13-25(5-2)18-34(27,28)23-17-22(33-14-10-15-35(29,30)31)21(32-3)16-20(23)24(26-25)19-11-8-7-9-12-19/h7-9,11-12,16-17,24,26H,4-6,10,13-15,18H2,1-3H3,(H,29,30,31)/t24-,25-/m1/s1. The molecular formula is C25H35NO7S2. The quantitative estimate of drug-likeness (QED) is 0.332. The van der Waals surface area contributed by atoms with Gasteiger partial charge in [-0.25, -0.2) is 8.42 Å². The van der Waals surface area contributed by atoms with Gasteiger partial charge in [-0.05, 0) is 36.5 Å². The highest BCUT2D eigenvalue weighted by atomic mass is 32.2. The Labute approximate surface area is 208 Å². The lowest BCUT2D eigenvalue weighted by molar-refractivity contribution is 0.289. The van der Waals surface area contributed by atoms with Crippen LogP contribution in [-0.4, -0.2) is 52.1 Å². The van der Waals surface area contributed by atoms with Crippen LogP contribution in [0.5, 0.6) is 11.5 Å². The Morgan fingerprint density at radius 1 is 1.11 bits per heavy atom. The Hall–Kier alpha value is -2.14. The van der Waals surface area contributed by atoms with Crippen LogP contribution in [0.15, 0.2) is 47.4 Å². The summed E-state index contributed by atoms with van der Waals surface area (Å²) >= 11 is 0.